The molecule has 0 bridgehead atoms. The summed E-state index contributed by atoms with van der Waals surface area (Å²) >= 11 is 0. The third-order valence-electron chi connectivity index (χ3n) is 1.87. The number of hydrogen-bond donors (Lipinski definition) is 1. The molecule has 1 N–H and O–H groups in total. The van der Waals surface area contributed by atoms with Crippen LogP contribution in [0.5, 0.6) is 0 Å². The molecule has 0 aromatic heterocycles. The molecular formula is C12H16ClNO3. The Labute approximate surface area is 107 Å². The summed E-state index contributed by atoms with van der Waals surface area (Å²) in [7, 11) is 0. The van der Waals surface area contributed by atoms with Gasteiger partial charge in [-0.3, -0.25) is 10.2 Å². The molecule has 0 unspecified atom stereocenters. The lowest BCUT2D eigenvalue weighted by atomic mass is 10.2. The van der Waals surface area contributed by atoms with Crippen molar-refractivity contribution in [2.45, 2.75) is 20.0 Å². The van der Waals surface area contributed by atoms with Crippen molar-refractivity contribution < 1.29 is 14.3 Å². The lowest BCUT2D eigenvalue weighted by molar-refractivity contribution is -0.143. The maximum Gasteiger partial charge on any atom is 0.315 e. The molecule has 4 nitrogen and oxygen atoms in total. The van der Waals surface area contributed by atoms with Crippen molar-refractivity contribution in [2.24, 2.45) is 0 Å². The smallest absolute Gasteiger partial charge is 0.315 e. The van der Waals surface area contributed by atoms with Crippen LogP contribution in [0.2, 0.25) is 0 Å². The average Bonchev–Trinajstić information content (AvgIpc) is 2.28. The zero-order valence-electron chi connectivity index (χ0n) is 9.64. The lowest BCUT2D eigenvalue weighted by Crippen LogP contribution is -2.13. The third-order valence-corrected chi connectivity index (χ3v) is 1.87. The third kappa shape index (κ3) is 6.58. The summed E-state index contributed by atoms with van der Waals surface area (Å²) in [5, 5.41) is 7.28. The number of halogens is 1. The van der Waals surface area contributed by atoms with E-state index < -0.39 is 5.97 Å². The molecule has 5 heteroatoms. The van der Waals surface area contributed by atoms with Gasteiger partial charge in [-0.05, 0) is 12.5 Å². The fourth-order valence-corrected chi connectivity index (χ4v) is 1.15. The Bertz CT molecular complexity index is 354. The van der Waals surface area contributed by atoms with Gasteiger partial charge in [0, 0.05) is 0 Å². The molecule has 0 atom stereocenters. The molecule has 0 heterocycles. The molecule has 1 aromatic carbocycles. The Morgan fingerprint density at radius 1 is 1.24 bits per heavy atom. The summed E-state index contributed by atoms with van der Waals surface area (Å²) in [5.41, 5.74) is 0.929. The molecule has 17 heavy (non-hydrogen) atoms. The van der Waals surface area contributed by atoms with Gasteiger partial charge < -0.3 is 9.47 Å². The zero-order valence-corrected chi connectivity index (χ0v) is 10.5. The Balaban J connectivity index is 0.00000256. The van der Waals surface area contributed by atoms with Crippen LogP contribution in [-0.4, -0.2) is 18.5 Å². The lowest BCUT2D eigenvalue weighted by Gasteiger charge is -2.06. The van der Waals surface area contributed by atoms with Gasteiger partial charge in [0.05, 0.1) is 6.61 Å². The summed E-state index contributed by atoms with van der Waals surface area (Å²) in [6.07, 6.45) is -0.110. The highest BCUT2D eigenvalue weighted by Gasteiger charge is 2.08. The molecule has 94 valence electrons. The minimum absolute atomic E-state index is 0. The van der Waals surface area contributed by atoms with Crippen molar-refractivity contribution in [3.05, 3.63) is 35.9 Å². The molecule has 0 aliphatic rings. The Morgan fingerprint density at radius 3 is 2.47 bits per heavy atom. The van der Waals surface area contributed by atoms with Crippen LogP contribution in [0.15, 0.2) is 30.3 Å². The molecule has 0 spiro atoms. The second-order valence-corrected chi connectivity index (χ2v) is 3.18. The van der Waals surface area contributed by atoms with Crippen LogP contribution in [-0.2, 0) is 20.9 Å². The van der Waals surface area contributed by atoms with E-state index in [0.717, 1.165) is 5.56 Å². The molecule has 0 aliphatic heterocycles. The number of carbonyl (C=O) groups is 1. The van der Waals surface area contributed by atoms with Crippen LogP contribution in [0.4, 0.5) is 0 Å². The van der Waals surface area contributed by atoms with E-state index in [2.05, 4.69) is 0 Å². The van der Waals surface area contributed by atoms with Crippen molar-refractivity contribution in [3.8, 4) is 0 Å². The maximum atomic E-state index is 11.3. The van der Waals surface area contributed by atoms with E-state index >= 15 is 0 Å². The SMILES string of the molecule is CCOC(=N)CC(=O)OCc1ccccc1.Cl. The molecule has 0 amide bonds. The predicted octanol–water partition coefficient (Wildman–Crippen LogP) is 2.56. The van der Waals surface area contributed by atoms with Crippen LogP contribution in [0, 0.1) is 5.41 Å². The largest absolute Gasteiger partial charge is 0.481 e. The Hall–Kier alpha value is -1.55. The van der Waals surface area contributed by atoms with Crippen molar-refractivity contribution in [2.75, 3.05) is 6.61 Å². The van der Waals surface area contributed by atoms with Gasteiger partial charge in [-0.25, -0.2) is 0 Å². The summed E-state index contributed by atoms with van der Waals surface area (Å²) in [4.78, 5) is 11.3. The van der Waals surface area contributed by atoms with E-state index in [4.69, 9.17) is 14.9 Å². The highest BCUT2D eigenvalue weighted by molar-refractivity contribution is 5.92. The van der Waals surface area contributed by atoms with Gasteiger partial charge in [0.25, 0.3) is 0 Å². The van der Waals surface area contributed by atoms with Gasteiger partial charge >= 0.3 is 5.97 Å². The molecular weight excluding hydrogens is 242 g/mol. The number of hydrogen-bond acceptors (Lipinski definition) is 4. The second-order valence-electron chi connectivity index (χ2n) is 3.18. The van der Waals surface area contributed by atoms with Crippen LogP contribution in [0.25, 0.3) is 0 Å². The molecule has 1 rings (SSSR count). The van der Waals surface area contributed by atoms with E-state index in [-0.39, 0.29) is 31.3 Å². The molecule has 0 radical (unpaired) electrons. The minimum atomic E-state index is -0.442. The maximum absolute atomic E-state index is 11.3. The first-order valence-corrected chi connectivity index (χ1v) is 5.12. The van der Waals surface area contributed by atoms with Crippen LogP contribution in [0.1, 0.15) is 18.9 Å². The normalized spacial score (nSPS) is 9.00. The number of ether oxygens (including phenoxy) is 2. The quantitative estimate of drug-likeness (QED) is 0.501. The number of esters is 1. The first-order chi connectivity index (χ1) is 7.72. The van der Waals surface area contributed by atoms with Gasteiger partial charge in [-0.2, -0.15) is 0 Å². The number of benzene rings is 1. The number of rotatable bonds is 5. The first kappa shape index (κ1) is 15.5. The van der Waals surface area contributed by atoms with Gasteiger partial charge in [0.15, 0.2) is 5.90 Å². The van der Waals surface area contributed by atoms with E-state index in [1.807, 2.05) is 30.3 Å². The van der Waals surface area contributed by atoms with Gasteiger partial charge in [-0.15, -0.1) is 12.4 Å². The van der Waals surface area contributed by atoms with E-state index in [0.29, 0.717) is 6.61 Å². The summed E-state index contributed by atoms with van der Waals surface area (Å²) in [6.45, 7) is 2.40. The van der Waals surface area contributed by atoms with Crippen LogP contribution < -0.4 is 0 Å². The van der Waals surface area contributed by atoms with Gasteiger partial charge in [-0.1, -0.05) is 30.3 Å². The molecule has 0 aliphatic carbocycles. The summed E-state index contributed by atoms with van der Waals surface area (Å²) in [5.74, 6) is -0.497. The van der Waals surface area contributed by atoms with E-state index in [1.54, 1.807) is 6.92 Å². The number of carbonyl (C=O) groups excluding carboxylic acids is 1. The van der Waals surface area contributed by atoms with E-state index in [9.17, 15) is 4.79 Å². The highest BCUT2D eigenvalue weighted by atomic mass is 35.5. The predicted molar refractivity (Wildman–Crippen MR) is 67.5 cm³/mol. The Morgan fingerprint density at radius 2 is 1.88 bits per heavy atom. The minimum Gasteiger partial charge on any atom is -0.481 e. The van der Waals surface area contributed by atoms with Gasteiger partial charge in [0.2, 0.25) is 0 Å². The van der Waals surface area contributed by atoms with Crippen LogP contribution >= 0.6 is 12.4 Å². The fourth-order valence-electron chi connectivity index (χ4n) is 1.15. The molecule has 1 aromatic rings. The van der Waals surface area contributed by atoms with Crippen molar-refractivity contribution in [3.63, 3.8) is 0 Å². The standard InChI is InChI=1S/C12H15NO3.ClH/c1-2-15-11(13)8-12(14)16-9-10-6-4-3-5-7-10;/h3-7,13H,2,8-9H2,1H3;1H. The average molecular weight is 258 g/mol. The molecule has 0 saturated carbocycles. The molecule has 0 saturated heterocycles. The van der Waals surface area contributed by atoms with Crippen molar-refractivity contribution in [1.29, 1.82) is 5.41 Å². The van der Waals surface area contributed by atoms with Crippen molar-refractivity contribution in [1.82, 2.24) is 0 Å². The zero-order chi connectivity index (χ0) is 11.8. The highest BCUT2D eigenvalue weighted by Crippen LogP contribution is 2.02. The fraction of sp³-hybridized carbons (Fsp3) is 0.333. The summed E-state index contributed by atoms with van der Waals surface area (Å²) < 4.78 is 9.83. The monoisotopic (exact) mass is 257 g/mol. The summed E-state index contributed by atoms with van der Waals surface area (Å²) in [6, 6.07) is 9.41. The van der Waals surface area contributed by atoms with Gasteiger partial charge in [0.1, 0.15) is 13.0 Å². The van der Waals surface area contributed by atoms with E-state index in [1.165, 1.54) is 0 Å². The topological polar surface area (TPSA) is 59.4 Å². The van der Waals surface area contributed by atoms with Crippen LogP contribution in [0.3, 0.4) is 0 Å². The second kappa shape index (κ2) is 8.58. The Kier molecular flexibility index (Phi) is 7.80. The van der Waals surface area contributed by atoms with Crippen molar-refractivity contribution >= 4 is 24.3 Å². The molecule has 0 fully saturated rings. The number of nitrogens with one attached hydrogen (secondary N) is 1. The first-order valence-electron chi connectivity index (χ1n) is 5.12.